The summed E-state index contributed by atoms with van der Waals surface area (Å²) < 4.78 is 11.0. The van der Waals surface area contributed by atoms with E-state index in [0.29, 0.717) is 24.5 Å². The van der Waals surface area contributed by atoms with Crippen molar-refractivity contribution in [3.63, 3.8) is 0 Å². The second-order valence-corrected chi connectivity index (χ2v) is 4.01. The van der Waals surface area contributed by atoms with E-state index >= 15 is 0 Å². The smallest absolute Gasteiger partial charge is 0.265 e. The number of ether oxygens (including phenoxy) is 2. The zero-order chi connectivity index (χ0) is 14.2. The maximum absolute atomic E-state index is 11.2. The first-order chi connectivity index (χ1) is 9.79. The molecule has 0 unspecified atom stereocenters. The summed E-state index contributed by atoms with van der Waals surface area (Å²) in [6, 6.07) is 16.3. The molecule has 0 saturated heterocycles. The van der Waals surface area contributed by atoms with E-state index in [2.05, 4.69) is 5.43 Å². The molecule has 20 heavy (non-hydrogen) atoms. The van der Waals surface area contributed by atoms with Crippen LogP contribution in [0.2, 0.25) is 0 Å². The van der Waals surface area contributed by atoms with Gasteiger partial charge in [0, 0.05) is 5.56 Å². The van der Waals surface area contributed by atoms with Gasteiger partial charge in [0.2, 0.25) is 0 Å². The van der Waals surface area contributed by atoms with E-state index in [4.69, 9.17) is 15.3 Å². The monoisotopic (exact) mass is 272 g/mol. The lowest BCUT2D eigenvalue weighted by Crippen LogP contribution is -2.29. The van der Waals surface area contributed by atoms with Crippen LogP contribution in [0.5, 0.6) is 11.5 Å². The van der Waals surface area contributed by atoms with E-state index in [1.165, 1.54) is 0 Å². The van der Waals surface area contributed by atoms with Crippen molar-refractivity contribution in [2.24, 2.45) is 5.84 Å². The number of amides is 1. The molecule has 0 aliphatic heterocycles. The fourth-order valence-electron chi connectivity index (χ4n) is 1.62. The summed E-state index contributed by atoms with van der Waals surface area (Å²) in [6.45, 7) is 0.881. The van der Waals surface area contributed by atoms with Gasteiger partial charge >= 0.3 is 0 Å². The molecule has 0 fully saturated rings. The maximum atomic E-state index is 11.2. The van der Waals surface area contributed by atoms with Gasteiger partial charge in [0.25, 0.3) is 5.91 Å². The first-order valence-electron chi connectivity index (χ1n) is 6.21. The van der Waals surface area contributed by atoms with E-state index < -0.39 is 0 Å². The predicted octanol–water partition coefficient (Wildman–Crippen LogP) is 1.75. The molecule has 0 aliphatic carbocycles. The summed E-state index contributed by atoms with van der Waals surface area (Å²) in [5, 5.41) is 0. The Labute approximate surface area is 117 Å². The third-order valence-electron chi connectivity index (χ3n) is 2.61. The maximum Gasteiger partial charge on any atom is 0.265 e. The number of hydrazine groups is 1. The zero-order valence-electron chi connectivity index (χ0n) is 10.9. The van der Waals surface area contributed by atoms with Crippen LogP contribution in [0, 0.1) is 0 Å². The fraction of sp³-hybridized carbons (Fsp3) is 0.133. The second kappa shape index (κ2) is 7.16. The van der Waals surface area contributed by atoms with E-state index in [9.17, 15) is 4.79 Å². The minimum Gasteiger partial charge on any atom is -0.490 e. The SMILES string of the molecule is NNC(=O)c1ccc(OCCOc2ccccc2)cc1. The van der Waals surface area contributed by atoms with Crippen LogP contribution in [-0.2, 0) is 0 Å². The van der Waals surface area contributed by atoms with Gasteiger partial charge in [-0.05, 0) is 36.4 Å². The fourth-order valence-corrected chi connectivity index (χ4v) is 1.62. The quantitative estimate of drug-likeness (QED) is 0.363. The van der Waals surface area contributed by atoms with Crippen LogP contribution in [0.15, 0.2) is 54.6 Å². The van der Waals surface area contributed by atoms with Gasteiger partial charge in [0.15, 0.2) is 0 Å². The number of hydrogen-bond donors (Lipinski definition) is 2. The molecular weight excluding hydrogens is 256 g/mol. The first-order valence-corrected chi connectivity index (χ1v) is 6.21. The van der Waals surface area contributed by atoms with Crippen molar-refractivity contribution < 1.29 is 14.3 Å². The highest BCUT2D eigenvalue weighted by Crippen LogP contribution is 2.12. The number of nitrogens with two attached hydrogens (primary N) is 1. The Bertz CT molecular complexity index is 541. The van der Waals surface area contributed by atoms with Gasteiger partial charge in [-0.3, -0.25) is 10.2 Å². The van der Waals surface area contributed by atoms with Gasteiger partial charge in [-0.1, -0.05) is 18.2 Å². The van der Waals surface area contributed by atoms with Crippen molar-refractivity contribution >= 4 is 5.91 Å². The largest absolute Gasteiger partial charge is 0.490 e. The Hall–Kier alpha value is -2.53. The Morgan fingerprint density at radius 2 is 1.45 bits per heavy atom. The molecule has 2 aromatic rings. The van der Waals surface area contributed by atoms with Gasteiger partial charge in [-0.15, -0.1) is 0 Å². The summed E-state index contributed by atoms with van der Waals surface area (Å²) in [5.41, 5.74) is 2.56. The lowest BCUT2D eigenvalue weighted by molar-refractivity contribution is 0.0953. The normalized spacial score (nSPS) is 9.85. The van der Waals surface area contributed by atoms with Gasteiger partial charge < -0.3 is 9.47 Å². The van der Waals surface area contributed by atoms with Crippen LogP contribution in [0.3, 0.4) is 0 Å². The highest BCUT2D eigenvalue weighted by molar-refractivity contribution is 5.93. The van der Waals surface area contributed by atoms with E-state index in [-0.39, 0.29) is 5.91 Å². The summed E-state index contributed by atoms with van der Waals surface area (Å²) >= 11 is 0. The molecule has 0 saturated carbocycles. The lowest BCUT2D eigenvalue weighted by Gasteiger charge is -2.08. The highest BCUT2D eigenvalue weighted by atomic mass is 16.5. The topological polar surface area (TPSA) is 73.6 Å². The summed E-state index contributed by atoms with van der Waals surface area (Å²) in [5.74, 6) is 6.21. The number of hydrogen-bond acceptors (Lipinski definition) is 4. The summed E-state index contributed by atoms with van der Waals surface area (Å²) in [6.07, 6.45) is 0. The van der Waals surface area contributed by atoms with Crippen molar-refractivity contribution in [3.8, 4) is 11.5 Å². The average Bonchev–Trinajstić information content (AvgIpc) is 2.52. The molecule has 0 aliphatic rings. The summed E-state index contributed by atoms with van der Waals surface area (Å²) in [4.78, 5) is 11.2. The van der Waals surface area contributed by atoms with Gasteiger partial charge in [-0.25, -0.2) is 5.84 Å². The van der Waals surface area contributed by atoms with Gasteiger partial charge in [0.05, 0.1) is 0 Å². The van der Waals surface area contributed by atoms with Crippen molar-refractivity contribution in [3.05, 3.63) is 60.2 Å². The van der Waals surface area contributed by atoms with E-state index in [1.54, 1.807) is 24.3 Å². The molecular formula is C15H16N2O3. The van der Waals surface area contributed by atoms with Gasteiger partial charge in [-0.2, -0.15) is 0 Å². The van der Waals surface area contributed by atoms with Crippen molar-refractivity contribution in [2.45, 2.75) is 0 Å². The minimum absolute atomic E-state index is 0.330. The molecule has 0 bridgehead atoms. The molecule has 0 spiro atoms. The molecule has 0 heterocycles. The second-order valence-electron chi connectivity index (χ2n) is 4.01. The number of carbonyl (C=O) groups excluding carboxylic acids is 1. The van der Waals surface area contributed by atoms with Crippen LogP contribution >= 0.6 is 0 Å². The number of benzene rings is 2. The molecule has 3 N–H and O–H groups in total. The molecule has 0 atom stereocenters. The van der Waals surface area contributed by atoms with E-state index in [0.717, 1.165) is 5.75 Å². The first kappa shape index (κ1) is 13.9. The summed E-state index contributed by atoms with van der Waals surface area (Å²) in [7, 11) is 0. The van der Waals surface area contributed by atoms with Gasteiger partial charge in [0.1, 0.15) is 24.7 Å². The number of nitrogen functional groups attached to an aromatic ring is 1. The highest BCUT2D eigenvalue weighted by Gasteiger charge is 2.02. The molecule has 2 aromatic carbocycles. The zero-order valence-corrected chi connectivity index (χ0v) is 10.9. The molecule has 5 heteroatoms. The van der Waals surface area contributed by atoms with Crippen molar-refractivity contribution in [1.29, 1.82) is 0 Å². The van der Waals surface area contributed by atoms with Crippen LogP contribution in [-0.4, -0.2) is 19.1 Å². The third-order valence-corrected chi connectivity index (χ3v) is 2.61. The number of rotatable bonds is 6. The van der Waals surface area contributed by atoms with Crippen LogP contribution in [0.1, 0.15) is 10.4 Å². The number of nitrogens with one attached hydrogen (secondary N) is 1. The molecule has 0 aromatic heterocycles. The molecule has 2 rings (SSSR count). The molecule has 5 nitrogen and oxygen atoms in total. The standard InChI is InChI=1S/C15H16N2O3/c16-17-15(18)12-6-8-14(9-7-12)20-11-10-19-13-4-2-1-3-5-13/h1-9H,10-11,16H2,(H,17,18). The molecule has 1 amide bonds. The Morgan fingerprint density at radius 1 is 0.900 bits per heavy atom. The average molecular weight is 272 g/mol. The molecule has 0 radical (unpaired) electrons. The third kappa shape index (κ3) is 4.00. The number of carbonyl (C=O) groups is 1. The number of para-hydroxylation sites is 1. The lowest BCUT2D eigenvalue weighted by atomic mass is 10.2. The van der Waals surface area contributed by atoms with Crippen LogP contribution in [0.4, 0.5) is 0 Å². The van der Waals surface area contributed by atoms with Crippen molar-refractivity contribution in [2.75, 3.05) is 13.2 Å². The van der Waals surface area contributed by atoms with Crippen molar-refractivity contribution in [1.82, 2.24) is 5.43 Å². The molecule has 104 valence electrons. The Balaban J connectivity index is 1.75. The predicted molar refractivity (Wildman–Crippen MR) is 75.5 cm³/mol. The van der Waals surface area contributed by atoms with E-state index in [1.807, 2.05) is 30.3 Å². The van der Waals surface area contributed by atoms with Crippen LogP contribution < -0.4 is 20.7 Å². The Morgan fingerprint density at radius 3 is 2.00 bits per heavy atom. The minimum atomic E-state index is -0.330. The van der Waals surface area contributed by atoms with Crippen LogP contribution in [0.25, 0.3) is 0 Å². The Kier molecular flexibility index (Phi) is 4.97.